The Bertz CT molecular complexity index is 353. The molecule has 2 aliphatic rings. The first-order valence-corrected chi connectivity index (χ1v) is 7.30. The minimum absolute atomic E-state index is 0.0231. The molecule has 0 aromatic carbocycles. The number of carboxylic acids is 1. The molecule has 0 aliphatic heterocycles. The van der Waals surface area contributed by atoms with E-state index in [1.165, 1.54) is 0 Å². The van der Waals surface area contributed by atoms with Gasteiger partial charge >= 0.3 is 5.97 Å². The standard InChI is InChI=1S/C14H24N2O3/c15-9-10-4-1-2-5-11(10)13(19)16-14(6-3-7-14)8-12(17)18/h10-11H,1-9,15H2,(H,16,19)(H,17,18). The maximum absolute atomic E-state index is 12.4. The Balaban J connectivity index is 1.96. The van der Waals surface area contributed by atoms with Gasteiger partial charge in [-0.15, -0.1) is 0 Å². The zero-order valence-corrected chi connectivity index (χ0v) is 11.4. The molecule has 0 aromatic heterocycles. The Morgan fingerprint density at radius 3 is 2.42 bits per heavy atom. The third-order valence-electron chi connectivity index (χ3n) is 4.74. The molecule has 2 saturated carbocycles. The van der Waals surface area contributed by atoms with E-state index in [-0.39, 0.29) is 24.2 Å². The molecule has 0 heterocycles. The van der Waals surface area contributed by atoms with Crippen LogP contribution in [0.15, 0.2) is 0 Å². The quantitative estimate of drug-likeness (QED) is 0.700. The highest BCUT2D eigenvalue weighted by atomic mass is 16.4. The second kappa shape index (κ2) is 5.90. The van der Waals surface area contributed by atoms with Gasteiger partial charge in [0.1, 0.15) is 0 Å². The second-order valence-electron chi connectivity index (χ2n) is 6.08. The number of nitrogens with one attached hydrogen (secondary N) is 1. The normalized spacial score (nSPS) is 29.3. The maximum atomic E-state index is 12.4. The topological polar surface area (TPSA) is 92.4 Å². The molecule has 2 rings (SSSR count). The van der Waals surface area contributed by atoms with Crippen LogP contribution in [0.4, 0.5) is 0 Å². The number of carbonyl (C=O) groups is 2. The summed E-state index contributed by atoms with van der Waals surface area (Å²) in [5.74, 6) is -0.573. The number of hydrogen-bond donors (Lipinski definition) is 3. The molecule has 0 spiro atoms. The summed E-state index contributed by atoms with van der Waals surface area (Å²) in [4.78, 5) is 23.3. The summed E-state index contributed by atoms with van der Waals surface area (Å²) in [6.07, 6.45) is 6.72. The van der Waals surface area contributed by atoms with Gasteiger partial charge in [0, 0.05) is 5.92 Å². The predicted octanol–water partition coefficient (Wildman–Crippen LogP) is 1.27. The van der Waals surface area contributed by atoms with Gasteiger partial charge in [0.2, 0.25) is 5.91 Å². The van der Waals surface area contributed by atoms with Crippen molar-refractivity contribution < 1.29 is 14.7 Å². The summed E-state index contributed by atoms with van der Waals surface area (Å²) in [5, 5.41) is 12.0. The van der Waals surface area contributed by atoms with Gasteiger partial charge in [0.05, 0.1) is 12.0 Å². The van der Waals surface area contributed by atoms with Crippen LogP contribution in [0, 0.1) is 11.8 Å². The Hall–Kier alpha value is -1.10. The van der Waals surface area contributed by atoms with Crippen LogP contribution in [0.2, 0.25) is 0 Å². The lowest BCUT2D eigenvalue weighted by Crippen LogP contribution is -2.57. The first-order valence-electron chi connectivity index (χ1n) is 7.30. The molecule has 1 amide bonds. The van der Waals surface area contributed by atoms with Crippen molar-refractivity contribution in [1.82, 2.24) is 5.32 Å². The summed E-state index contributed by atoms with van der Waals surface area (Å²) in [7, 11) is 0. The van der Waals surface area contributed by atoms with Gasteiger partial charge in [0.15, 0.2) is 0 Å². The van der Waals surface area contributed by atoms with E-state index in [0.717, 1.165) is 44.9 Å². The number of carboxylic acid groups (broad SMARTS) is 1. The number of rotatable bonds is 5. The molecule has 0 radical (unpaired) electrons. The van der Waals surface area contributed by atoms with Gasteiger partial charge in [-0.25, -0.2) is 0 Å². The molecular formula is C14H24N2O3. The monoisotopic (exact) mass is 268 g/mol. The fourth-order valence-corrected chi connectivity index (χ4v) is 3.43. The maximum Gasteiger partial charge on any atom is 0.305 e. The van der Waals surface area contributed by atoms with E-state index in [2.05, 4.69) is 5.32 Å². The smallest absolute Gasteiger partial charge is 0.305 e. The van der Waals surface area contributed by atoms with E-state index >= 15 is 0 Å². The lowest BCUT2D eigenvalue weighted by atomic mass is 9.72. The minimum Gasteiger partial charge on any atom is -0.481 e. The summed E-state index contributed by atoms with van der Waals surface area (Å²) in [6, 6.07) is 0. The fraction of sp³-hybridized carbons (Fsp3) is 0.857. The van der Waals surface area contributed by atoms with Gasteiger partial charge in [-0.3, -0.25) is 9.59 Å². The molecule has 5 nitrogen and oxygen atoms in total. The second-order valence-corrected chi connectivity index (χ2v) is 6.08. The molecule has 2 atom stereocenters. The van der Waals surface area contributed by atoms with Crippen LogP contribution in [0.5, 0.6) is 0 Å². The highest BCUT2D eigenvalue weighted by molar-refractivity contribution is 5.81. The number of carbonyl (C=O) groups excluding carboxylic acids is 1. The molecular weight excluding hydrogens is 244 g/mol. The molecule has 4 N–H and O–H groups in total. The highest BCUT2D eigenvalue weighted by Gasteiger charge is 2.42. The zero-order chi connectivity index (χ0) is 13.9. The van der Waals surface area contributed by atoms with E-state index in [0.29, 0.717) is 6.54 Å². The molecule has 2 unspecified atom stereocenters. The third-order valence-corrected chi connectivity index (χ3v) is 4.74. The fourth-order valence-electron chi connectivity index (χ4n) is 3.43. The van der Waals surface area contributed by atoms with Gasteiger partial charge in [-0.05, 0) is 44.6 Å². The predicted molar refractivity (Wildman–Crippen MR) is 71.5 cm³/mol. The van der Waals surface area contributed by atoms with Gasteiger partial charge in [-0.1, -0.05) is 12.8 Å². The van der Waals surface area contributed by atoms with Crippen molar-refractivity contribution in [3.63, 3.8) is 0 Å². The van der Waals surface area contributed by atoms with Crippen molar-refractivity contribution in [2.45, 2.75) is 56.9 Å². The highest BCUT2D eigenvalue weighted by Crippen LogP contribution is 2.37. The average Bonchev–Trinajstić information content (AvgIpc) is 2.35. The van der Waals surface area contributed by atoms with Gasteiger partial charge in [-0.2, -0.15) is 0 Å². The van der Waals surface area contributed by atoms with E-state index in [9.17, 15) is 9.59 Å². The number of nitrogens with two attached hydrogens (primary N) is 1. The van der Waals surface area contributed by atoms with Crippen LogP contribution >= 0.6 is 0 Å². The Morgan fingerprint density at radius 2 is 1.89 bits per heavy atom. The molecule has 2 aliphatic carbocycles. The van der Waals surface area contributed by atoms with Gasteiger partial charge < -0.3 is 16.2 Å². The van der Waals surface area contributed by atoms with Crippen LogP contribution in [-0.4, -0.2) is 29.1 Å². The molecule has 0 bridgehead atoms. The Morgan fingerprint density at radius 1 is 1.21 bits per heavy atom. The van der Waals surface area contributed by atoms with Crippen molar-refractivity contribution in [2.75, 3.05) is 6.54 Å². The Kier molecular flexibility index (Phi) is 4.45. The van der Waals surface area contributed by atoms with Crippen LogP contribution in [0.25, 0.3) is 0 Å². The third kappa shape index (κ3) is 3.26. The van der Waals surface area contributed by atoms with E-state index in [4.69, 9.17) is 10.8 Å². The average molecular weight is 268 g/mol. The van der Waals surface area contributed by atoms with Crippen LogP contribution in [-0.2, 0) is 9.59 Å². The molecule has 108 valence electrons. The van der Waals surface area contributed by atoms with E-state index in [1.54, 1.807) is 0 Å². The summed E-state index contributed by atoms with van der Waals surface area (Å²) < 4.78 is 0. The van der Waals surface area contributed by atoms with Crippen LogP contribution < -0.4 is 11.1 Å². The molecule has 19 heavy (non-hydrogen) atoms. The number of amides is 1. The van der Waals surface area contributed by atoms with Crippen molar-refractivity contribution in [2.24, 2.45) is 17.6 Å². The van der Waals surface area contributed by atoms with E-state index in [1.807, 2.05) is 0 Å². The van der Waals surface area contributed by atoms with Crippen molar-refractivity contribution >= 4 is 11.9 Å². The number of aliphatic carboxylic acids is 1. The first kappa shape index (κ1) is 14.3. The minimum atomic E-state index is -0.834. The summed E-state index contributed by atoms with van der Waals surface area (Å²) in [6.45, 7) is 0.546. The summed E-state index contributed by atoms with van der Waals surface area (Å²) in [5.41, 5.74) is 5.26. The lowest BCUT2D eigenvalue weighted by molar-refractivity contribution is -0.141. The van der Waals surface area contributed by atoms with Crippen LogP contribution in [0.1, 0.15) is 51.4 Å². The molecule has 0 aromatic rings. The summed E-state index contributed by atoms with van der Waals surface area (Å²) >= 11 is 0. The van der Waals surface area contributed by atoms with Gasteiger partial charge in [0.25, 0.3) is 0 Å². The van der Waals surface area contributed by atoms with Crippen molar-refractivity contribution in [1.29, 1.82) is 0 Å². The zero-order valence-electron chi connectivity index (χ0n) is 11.4. The Labute approximate surface area is 113 Å². The first-order chi connectivity index (χ1) is 9.06. The SMILES string of the molecule is NCC1CCCCC1C(=O)NC1(CC(=O)O)CCC1. The molecule has 5 heteroatoms. The lowest BCUT2D eigenvalue weighted by Gasteiger charge is -2.43. The molecule has 2 fully saturated rings. The van der Waals surface area contributed by atoms with Crippen molar-refractivity contribution in [3.8, 4) is 0 Å². The van der Waals surface area contributed by atoms with E-state index < -0.39 is 11.5 Å². The van der Waals surface area contributed by atoms with Crippen molar-refractivity contribution in [3.05, 3.63) is 0 Å². The number of hydrogen-bond acceptors (Lipinski definition) is 3. The van der Waals surface area contributed by atoms with Crippen LogP contribution in [0.3, 0.4) is 0 Å². The molecule has 0 saturated heterocycles. The largest absolute Gasteiger partial charge is 0.481 e.